The van der Waals surface area contributed by atoms with Crippen molar-refractivity contribution < 1.29 is 18.7 Å². The predicted octanol–water partition coefficient (Wildman–Crippen LogP) is 1.93. The average molecular weight is 253 g/mol. The molecule has 1 N–H and O–H groups in total. The summed E-state index contributed by atoms with van der Waals surface area (Å²) in [5, 5.41) is 2.49. The molecule has 0 fully saturated rings. The van der Waals surface area contributed by atoms with Gasteiger partial charge in [0.2, 0.25) is 0 Å². The van der Waals surface area contributed by atoms with Crippen molar-refractivity contribution >= 4 is 11.7 Å². The Labute approximate surface area is 105 Å². The van der Waals surface area contributed by atoms with E-state index < -0.39 is 17.5 Å². The zero-order chi connectivity index (χ0) is 13.5. The van der Waals surface area contributed by atoms with Gasteiger partial charge in [0.1, 0.15) is 11.6 Å². The molecule has 1 aromatic carbocycles. The fraction of sp³-hybridized carbons (Fsp3) is 0.385. The van der Waals surface area contributed by atoms with Crippen LogP contribution in [0.5, 0.6) is 5.75 Å². The van der Waals surface area contributed by atoms with Crippen LogP contribution in [-0.4, -0.2) is 25.3 Å². The number of hydrogen-bond acceptors (Lipinski definition) is 3. The van der Waals surface area contributed by atoms with Crippen molar-refractivity contribution in [3.63, 3.8) is 0 Å². The van der Waals surface area contributed by atoms with Gasteiger partial charge in [-0.25, -0.2) is 4.39 Å². The predicted molar refractivity (Wildman–Crippen MR) is 65.2 cm³/mol. The number of unbranched alkanes of at least 4 members (excludes halogenated alkanes) is 1. The summed E-state index contributed by atoms with van der Waals surface area (Å²) in [5.74, 6) is -1.93. The lowest BCUT2D eigenvalue weighted by atomic mass is 10.1. The molecule has 4 nitrogen and oxygen atoms in total. The first-order valence-electron chi connectivity index (χ1n) is 5.76. The van der Waals surface area contributed by atoms with Crippen molar-refractivity contribution in [2.45, 2.75) is 19.8 Å². The van der Waals surface area contributed by atoms with Crippen LogP contribution >= 0.6 is 0 Å². The molecule has 0 bridgehead atoms. The number of benzene rings is 1. The molecule has 98 valence electrons. The first-order valence-corrected chi connectivity index (χ1v) is 5.76. The summed E-state index contributed by atoms with van der Waals surface area (Å²) in [6.45, 7) is 2.41. The van der Waals surface area contributed by atoms with Crippen LogP contribution in [0.1, 0.15) is 30.1 Å². The molecule has 1 aromatic rings. The number of Topliss-reactive ketones (excluding diaryl/α,β-unsaturated/α-hetero) is 1. The second-order valence-electron chi connectivity index (χ2n) is 3.78. The maximum Gasteiger partial charge on any atom is 0.292 e. The van der Waals surface area contributed by atoms with E-state index in [0.717, 1.165) is 18.9 Å². The number of ether oxygens (including phenoxy) is 1. The van der Waals surface area contributed by atoms with Crippen LogP contribution in [0.25, 0.3) is 0 Å². The van der Waals surface area contributed by atoms with Gasteiger partial charge in [0.15, 0.2) is 0 Å². The number of hydrogen-bond donors (Lipinski definition) is 1. The number of methoxy groups -OCH3 is 1. The van der Waals surface area contributed by atoms with E-state index in [-0.39, 0.29) is 11.3 Å². The lowest BCUT2D eigenvalue weighted by Crippen LogP contribution is -2.32. The number of carbonyl (C=O) groups excluding carboxylic acids is 2. The highest BCUT2D eigenvalue weighted by Crippen LogP contribution is 2.19. The van der Waals surface area contributed by atoms with Crippen LogP contribution < -0.4 is 10.1 Å². The van der Waals surface area contributed by atoms with Crippen molar-refractivity contribution in [1.29, 1.82) is 0 Å². The third kappa shape index (κ3) is 3.55. The highest BCUT2D eigenvalue weighted by Gasteiger charge is 2.20. The van der Waals surface area contributed by atoms with Crippen LogP contribution in [0.3, 0.4) is 0 Å². The minimum Gasteiger partial charge on any atom is -0.496 e. The van der Waals surface area contributed by atoms with Gasteiger partial charge >= 0.3 is 0 Å². The monoisotopic (exact) mass is 253 g/mol. The van der Waals surface area contributed by atoms with Gasteiger partial charge in [-0.05, 0) is 24.6 Å². The summed E-state index contributed by atoms with van der Waals surface area (Å²) >= 11 is 0. The maximum atomic E-state index is 13.1. The Morgan fingerprint density at radius 2 is 2.11 bits per heavy atom. The zero-order valence-corrected chi connectivity index (χ0v) is 10.5. The van der Waals surface area contributed by atoms with E-state index in [4.69, 9.17) is 4.74 Å². The van der Waals surface area contributed by atoms with Gasteiger partial charge in [0.05, 0.1) is 12.7 Å². The number of rotatable bonds is 6. The van der Waals surface area contributed by atoms with Crippen LogP contribution in [0.15, 0.2) is 18.2 Å². The molecule has 0 heterocycles. The van der Waals surface area contributed by atoms with Crippen molar-refractivity contribution in [3.8, 4) is 5.75 Å². The molecule has 0 aliphatic carbocycles. The topological polar surface area (TPSA) is 55.4 Å². The first kappa shape index (κ1) is 14.2. The molecule has 18 heavy (non-hydrogen) atoms. The molecule has 1 amide bonds. The zero-order valence-electron chi connectivity index (χ0n) is 10.5. The highest BCUT2D eigenvalue weighted by molar-refractivity contribution is 6.43. The van der Waals surface area contributed by atoms with Crippen LogP contribution in [0, 0.1) is 5.82 Å². The van der Waals surface area contributed by atoms with E-state index in [0.29, 0.717) is 6.54 Å². The van der Waals surface area contributed by atoms with E-state index in [1.54, 1.807) is 0 Å². The molecular formula is C13H16FNO3. The average Bonchev–Trinajstić information content (AvgIpc) is 2.38. The quantitative estimate of drug-likeness (QED) is 0.479. The molecule has 0 spiro atoms. The normalized spacial score (nSPS) is 9.94. The van der Waals surface area contributed by atoms with E-state index in [2.05, 4.69) is 5.32 Å². The number of amides is 1. The minimum atomic E-state index is -0.789. The van der Waals surface area contributed by atoms with Gasteiger partial charge < -0.3 is 10.1 Å². The summed E-state index contributed by atoms with van der Waals surface area (Å²) in [5.41, 5.74) is -0.0634. The van der Waals surface area contributed by atoms with Crippen LogP contribution in [0.4, 0.5) is 4.39 Å². The second kappa shape index (κ2) is 6.74. The summed E-state index contributed by atoms with van der Waals surface area (Å²) in [6.07, 6.45) is 1.71. The maximum absolute atomic E-state index is 13.1. The van der Waals surface area contributed by atoms with Crippen molar-refractivity contribution in [2.75, 3.05) is 13.7 Å². The molecule has 0 radical (unpaired) electrons. The molecular weight excluding hydrogens is 237 g/mol. The molecule has 0 atom stereocenters. The van der Waals surface area contributed by atoms with Gasteiger partial charge in [-0.2, -0.15) is 0 Å². The lowest BCUT2D eigenvalue weighted by Gasteiger charge is -2.08. The fourth-order valence-electron chi connectivity index (χ4n) is 1.44. The Hall–Kier alpha value is -1.91. The molecule has 0 saturated carbocycles. The number of nitrogens with one attached hydrogen (secondary N) is 1. The Bertz CT molecular complexity index is 446. The largest absolute Gasteiger partial charge is 0.496 e. The van der Waals surface area contributed by atoms with E-state index in [1.165, 1.54) is 19.2 Å². The first-order chi connectivity index (χ1) is 8.60. The standard InChI is InChI=1S/C13H16FNO3/c1-3-4-7-15-13(17)12(16)10-8-9(14)5-6-11(10)18-2/h5-6,8H,3-4,7H2,1-2H3,(H,15,17). The second-order valence-corrected chi connectivity index (χ2v) is 3.78. The highest BCUT2D eigenvalue weighted by atomic mass is 19.1. The van der Waals surface area contributed by atoms with Crippen LogP contribution in [-0.2, 0) is 4.79 Å². The summed E-state index contributed by atoms with van der Waals surface area (Å²) in [6, 6.07) is 3.49. The van der Waals surface area contributed by atoms with Crippen molar-refractivity contribution in [1.82, 2.24) is 5.32 Å². The summed E-state index contributed by atoms with van der Waals surface area (Å²) in [7, 11) is 1.36. The smallest absolute Gasteiger partial charge is 0.292 e. The Morgan fingerprint density at radius 1 is 1.39 bits per heavy atom. The molecule has 0 aromatic heterocycles. The third-order valence-corrected chi connectivity index (χ3v) is 2.43. The van der Waals surface area contributed by atoms with E-state index in [9.17, 15) is 14.0 Å². The van der Waals surface area contributed by atoms with E-state index in [1.807, 2.05) is 6.92 Å². The molecule has 0 aliphatic heterocycles. The number of halogens is 1. The van der Waals surface area contributed by atoms with Gasteiger partial charge in [0.25, 0.3) is 11.7 Å². The van der Waals surface area contributed by atoms with Gasteiger partial charge in [-0.1, -0.05) is 13.3 Å². The SMILES string of the molecule is CCCCNC(=O)C(=O)c1cc(F)ccc1OC. The van der Waals surface area contributed by atoms with Gasteiger partial charge in [-0.15, -0.1) is 0 Å². The fourth-order valence-corrected chi connectivity index (χ4v) is 1.44. The molecule has 1 rings (SSSR count). The summed E-state index contributed by atoms with van der Waals surface area (Å²) in [4.78, 5) is 23.4. The number of ketones is 1. The van der Waals surface area contributed by atoms with Crippen molar-refractivity contribution in [3.05, 3.63) is 29.6 Å². The Morgan fingerprint density at radius 3 is 2.72 bits per heavy atom. The molecule has 0 aliphatic rings. The van der Waals surface area contributed by atoms with E-state index >= 15 is 0 Å². The van der Waals surface area contributed by atoms with Crippen molar-refractivity contribution in [2.24, 2.45) is 0 Å². The summed E-state index contributed by atoms with van der Waals surface area (Å²) < 4.78 is 18.0. The third-order valence-electron chi connectivity index (χ3n) is 2.43. The van der Waals surface area contributed by atoms with Gasteiger partial charge in [0, 0.05) is 6.54 Å². The molecule has 5 heteroatoms. The van der Waals surface area contributed by atoms with Crippen LogP contribution in [0.2, 0.25) is 0 Å². The Kier molecular flexibility index (Phi) is 5.30. The number of carbonyl (C=O) groups is 2. The minimum absolute atomic E-state index is 0.0634. The van der Waals surface area contributed by atoms with Gasteiger partial charge in [-0.3, -0.25) is 9.59 Å². The molecule has 0 saturated heterocycles. The Balaban J connectivity index is 2.82. The lowest BCUT2D eigenvalue weighted by molar-refractivity contribution is -0.117. The molecule has 0 unspecified atom stereocenters.